The third kappa shape index (κ3) is 4.58. The van der Waals surface area contributed by atoms with E-state index in [0.29, 0.717) is 6.54 Å². The van der Waals surface area contributed by atoms with Crippen molar-refractivity contribution < 1.29 is 9.90 Å². The summed E-state index contributed by atoms with van der Waals surface area (Å²) in [5, 5.41) is 12.5. The maximum atomic E-state index is 10.7. The highest BCUT2D eigenvalue weighted by molar-refractivity contribution is 6.40. The van der Waals surface area contributed by atoms with Crippen LogP contribution in [0.25, 0.3) is 0 Å². The van der Waals surface area contributed by atoms with E-state index in [2.05, 4.69) is 50.0 Å². The highest BCUT2D eigenvalue weighted by Crippen LogP contribution is 2.22. The summed E-state index contributed by atoms with van der Waals surface area (Å²) >= 11 is 0. The Morgan fingerprint density at radius 1 is 1.37 bits per heavy atom. The molecule has 0 aliphatic rings. The highest BCUT2D eigenvalue weighted by atomic mass is 16.4. The Kier molecular flexibility index (Phi) is 4.87. The molecule has 1 aromatic rings. The van der Waals surface area contributed by atoms with Gasteiger partial charge in [0, 0.05) is 0 Å². The van der Waals surface area contributed by atoms with E-state index in [0.717, 1.165) is 5.56 Å². The molecular formula is C15H20N2O2. The summed E-state index contributed by atoms with van der Waals surface area (Å²) in [7, 11) is 0. The van der Waals surface area contributed by atoms with E-state index in [1.54, 1.807) is 0 Å². The lowest BCUT2D eigenvalue weighted by atomic mass is 9.87. The first-order valence-corrected chi connectivity index (χ1v) is 6.10. The zero-order valence-electron chi connectivity index (χ0n) is 11.6. The number of benzene rings is 1. The van der Waals surface area contributed by atoms with Gasteiger partial charge in [0.15, 0.2) is 5.71 Å². The summed E-state index contributed by atoms with van der Waals surface area (Å²) in [6.45, 7) is 10.4. The Labute approximate surface area is 113 Å². The van der Waals surface area contributed by atoms with Crippen LogP contribution in [0.15, 0.2) is 42.0 Å². The third-order valence-electron chi connectivity index (χ3n) is 2.72. The summed E-state index contributed by atoms with van der Waals surface area (Å²) in [5.74, 6) is -1.09. The molecule has 4 nitrogen and oxygen atoms in total. The van der Waals surface area contributed by atoms with E-state index in [9.17, 15) is 4.79 Å². The predicted octanol–water partition coefficient (Wildman–Crippen LogP) is 2.70. The molecule has 0 aliphatic heterocycles. The Morgan fingerprint density at radius 3 is 2.37 bits per heavy atom. The van der Waals surface area contributed by atoms with E-state index in [-0.39, 0.29) is 11.1 Å². The minimum atomic E-state index is -1.09. The standard InChI is InChI=1S/C15H20N2O2/c1-5-13(14(18)19)17-16-10-11-6-8-12(9-7-11)15(2,3)4/h5-9,16H,1,10H2,2-4H3,(H,18,19)/b17-13+. The number of carboxylic acids is 1. The molecule has 1 aromatic carbocycles. The van der Waals surface area contributed by atoms with Crippen molar-refractivity contribution in [2.75, 3.05) is 0 Å². The van der Waals surface area contributed by atoms with Gasteiger partial charge in [-0.25, -0.2) is 4.79 Å². The quantitative estimate of drug-likeness (QED) is 0.632. The molecule has 0 radical (unpaired) electrons. The number of nitrogens with zero attached hydrogens (tertiary/aromatic N) is 1. The van der Waals surface area contributed by atoms with Crippen molar-refractivity contribution in [1.82, 2.24) is 5.43 Å². The second-order valence-corrected chi connectivity index (χ2v) is 5.29. The second kappa shape index (κ2) is 6.18. The number of nitrogens with one attached hydrogen (secondary N) is 1. The van der Waals surface area contributed by atoms with Crippen LogP contribution < -0.4 is 5.43 Å². The first kappa shape index (κ1) is 15.0. The second-order valence-electron chi connectivity index (χ2n) is 5.29. The molecular weight excluding hydrogens is 240 g/mol. The molecule has 1 rings (SSSR count). The van der Waals surface area contributed by atoms with Crippen LogP contribution >= 0.6 is 0 Å². The Hall–Kier alpha value is -2.10. The van der Waals surface area contributed by atoms with Gasteiger partial charge in [-0.3, -0.25) is 0 Å². The molecule has 2 N–H and O–H groups in total. The molecule has 0 aromatic heterocycles. The topological polar surface area (TPSA) is 61.7 Å². The first-order chi connectivity index (χ1) is 8.84. The Bertz CT molecular complexity index is 482. The number of hydrogen-bond acceptors (Lipinski definition) is 3. The van der Waals surface area contributed by atoms with E-state index in [1.807, 2.05) is 12.1 Å². The van der Waals surface area contributed by atoms with Crippen LogP contribution in [-0.2, 0) is 16.8 Å². The highest BCUT2D eigenvalue weighted by Gasteiger charge is 2.12. The van der Waals surface area contributed by atoms with Gasteiger partial charge < -0.3 is 10.5 Å². The molecule has 19 heavy (non-hydrogen) atoms. The maximum absolute atomic E-state index is 10.7. The van der Waals surface area contributed by atoms with Crippen molar-refractivity contribution >= 4 is 11.7 Å². The van der Waals surface area contributed by atoms with E-state index in [1.165, 1.54) is 11.6 Å². The lowest BCUT2D eigenvalue weighted by molar-refractivity contribution is -0.129. The average molecular weight is 260 g/mol. The molecule has 0 bridgehead atoms. The van der Waals surface area contributed by atoms with Crippen molar-refractivity contribution in [3.63, 3.8) is 0 Å². The van der Waals surface area contributed by atoms with Gasteiger partial charge in [-0.2, -0.15) is 5.10 Å². The number of rotatable bonds is 5. The van der Waals surface area contributed by atoms with Crippen LogP contribution in [0.3, 0.4) is 0 Å². The van der Waals surface area contributed by atoms with Gasteiger partial charge in [-0.1, -0.05) is 51.6 Å². The van der Waals surface area contributed by atoms with Gasteiger partial charge in [-0.15, -0.1) is 0 Å². The SMILES string of the molecule is C=C/C(=N\NCc1ccc(C(C)(C)C)cc1)C(=O)O. The molecule has 0 spiro atoms. The molecule has 0 heterocycles. The van der Waals surface area contributed by atoms with Gasteiger partial charge in [-0.05, 0) is 22.6 Å². The minimum Gasteiger partial charge on any atom is -0.476 e. The number of hydrazone groups is 1. The van der Waals surface area contributed by atoms with Crippen LogP contribution in [0.5, 0.6) is 0 Å². The summed E-state index contributed by atoms with van der Waals surface area (Å²) in [5.41, 5.74) is 5.07. The summed E-state index contributed by atoms with van der Waals surface area (Å²) in [4.78, 5) is 10.7. The minimum absolute atomic E-state index is 0.0914. The molecule has 0 amide bonds. The zero-order chi connectivity index (χ0) is 14.5. The number of hydrogen-bond donors (Lipinski definition) is 2. The molecule has 0 aliphatic carbocycles. The van der Waals surface area contributed by atoms with Gasteiger partial charge in [0.2, 0.25) is 0 Å². The third-order valence-corrected chi connectivity index (χ3v) is 2.72. The van der Waals surface area contributed by atoms with E-state index < -0.39 is 5.97 Å². The lowest BCUT2D eigenvalue weighted by Crippen LogP contribution is -2.16. The fourth-order valence-corrected chi connectivity index (χ4v) is 1.52. The average Bonchev–Trinajstić information content (AvgIpc) is 2.33. The summed E-state index contributed by atoms with van der Waals surface area (Å²) in [6, 6.07) is 8.17. The number of aliphatic carboxylic acids is 1. The van der Waals surface area contributed by atoms with Crippen molar-refractivity contribution in [1.29, 1.82) is 0 Å². The van der Waals surface area contributed by atoms with Gasteiger partial charge in [0.25, 0.3) is 0 Å². The molecule has 0 unspecified atom stereocenters. The molecule has 0 saturated heterocycles. The predicted molar refractivity (Wildman–Crippen MR) is 77.2 cm³/mol. The first-order valence-electron chi connectivity index (χ1n) is 6.10. The Balaban J connectivity index is 2.65. The van der Waals surface area contributed by atoms with Gasteiger partial charge >= 0.3 is 5.97 Å². The van der Waals surface area contributed by atoms with Crippen LogP contribution in [0.4, 0.5) is 0 Å². The molecule has 0 atom stereocenters. The maximum Gasteiger partial charge on any atom is 0.356 e. The van der Waals surface area contributed by atoms with Crippen molar-refractivity contribution in [2.24, 2.45) is 5.10 Å². The molecule has 4 heteroatoms. The van der Waals surface area contributed by atoms with E-state index in [4.69, 9.17) is 5.11 Å². The monoisotopic (exact) mass is 260 g/mol. The normalized spacial score (nSPS) is 12.1. The number of carbonyl (C=O) groups is 1. The Morgan fingerprint density at radius 2 is 1.95 bits per heavy atom. The van der Waals surface area contributed by atoms with Crippen LogP contribution in [0.2, 0.25) is 0 Å². The molecule has 102 valence electrons. The molecule has 0 saturated carbocycles. The molecule has 0 fully saturated rings. The fourth-order valence-electron chi connectivity index (χ4n) is 1.52. The zero-order valence-corrected chi connectivity index (χ0v) is 11.6. The van der Waals surface area contributed by atoms with Crippen LogP contribution in [0, 0.1) is 0 Å². The summed E-state index contributed by atoms with van der Waals surface area (Å²) < 4.78 is 0. The smallest absolute Gasteiger partial charge is 0.356 e. The van der Waals surface area contributed by atoms with Crippen molar-refractivity contribution in [2.45, 2.75) is 32.7 Å². The van der Waals surface area contributed by atoms with Crippen LogP contribution in [0.1, 0.15) is 31.9 Å². The summed E-state index contributed by atoms with van der Waals surface area (Å²) in [6.07, 6.45) is 1.21. The van der Waals surface area contributed by atoms with Gasteiger partial charge in [0.05, 0.1) is 6.54 Å². The van der Waals surface area contributed by atoms with Crippen molar-refractivity contribution in [3.8, 4) is 0 Å². The lowest BCUT2D eigenvalue weighted by Gasteiger charge is -2.19. The number of carboxylic acid groups (broad SMARTS) is 1. The van der Waals surface area contributed by atoms with Crippen molar-refractivity contribution in [3.05, 3.63) is 48.0 Å². The van der Waals surface area contributed by atoms with Gasteiger partial charge in [0.1, 0.15) is 0 Å². The van der Waals surface area contributed by atoms with Crippen LogP contribution in [-0.4, -0.2) is 16.8 Å². The fraction of sp³-hybridized carbons (Fsp3) is 0.333. The van der Waals surface area contributed by atoms with E-state index >= 15 is 0 Å². The largest absolute Gasteiger partial charge is 0.476 e.